The number of hydrogen-bond acceptors (Lipinski definition) is 0. The molecule has 0 amide bonds. The van der Waals surface area contributed by atoms with Crippen molar-refractivity contribution in [2.75, 3.05) is 0 Å². The predicted octanol–water partition coefficient (Wildman–Crippen LogP) is 11.9. The van der Waals surface area contributed by atoms with E-state index >= 15 is 0 Å². The van der Waals surface area contributed by atoms with E-state index < -0.39 is 0 Å². The van der Waals surface area contributed by atoms with Crippen LogP contribution in [0.25, 0.3) is 87.7 Å². The molecule has 46 heavy (non-hydrogen) atoms. The van der Waals surface area contributed by atoms with Crippen molar-refractivity contribution in [3.8, 4) is 22.5 Å². The maximum atomic E-state index is 2.48. The zero-order valence-corrected chi connectivity index (χ0v) is 25.1. The van der Waals surface area contributed by atoms with Crippen LogP contribution in [0.15, 0.2) is 170 Å². The molecule has 2 nitrogen and oxygen atoms in total. The number of para-hydroxylation sites is 2. The Bertz CT molecular complexity index is 2780. The molecule has 2 aromatic heterocycles. The normalized spacial score (nSPS) is 11.9. The number of aromatic nitrogens is 2. The Balaban J connectivity index is 1.28. The lowest BCUT2D eigenvalue weighted by molar-refractivity contribution is 1.17. The quantitative estimate of drug-likeness (QED) is 0.195. The summed E-state index contributed by atoms with van der Waals surface area (Å²) in [6.45, 7) is 0. The fourth-order valence-corrected chi connectivity index (χ4v) is 7.53. The van der Waals surface area contributed by atoms with Crippen LogP contribution in [0.2, 0.25) is 0 Å². The van der Waals surface area contributed by atoms with E-state index in [9.17, 15) is 0 Å². The van der Waals surface area contributed by atoms with E-state index in [1.165, 1.54) is 82.0 Å². The Labute approximate surface area is 266 Å². The minimum Gasteiger partial charge on any atom is -0.309 e. The summed E-state index contributed by atoms with van der Waals surface area (Å²) in [5.74, 6) is 0. The summed E-state index contributed by atoms with van der Waals surface area (Å²) in [7, 11) is 0. The number of hydrogen-bond donors (Lipinski definition) is 0. The molecule has 0 aliphatic carbocycles. The smallest absolute Gasteiger partial charge is 0.0619 e. The van der Waals surface area contributed by atoms with Crippen molar-refractivity contribution in [3.05, 3.63) is 170 Å². The van der Waals surface area contributed by atoms with E-state index in [0.717, 1.165) is 5.69 Å². The standard InChI is InChI=1S/C44H28N2/c1-2-13-34(14-3-1)45-41-17-9-8-16-37(41)39-27-40-38-25-22-31-11-6-7-15-36(31)44(38)46(43(40)28-42(39)45)35-23-20-30(21-24-35)33-19-18-29-10-4-5-12-32(29)26-33/h1-28H. The van der Waals surface area contributed by atoms with E-state index in [2.05, 4.69) is 179 Å². The van der Waals surface area contributed by atoms with Gasteiger partial charge in [-0.2, -0.15) is 0 Å². The van der Waals surface area contributed by atoms with Crippen LogP contribution in [0, 0.1) is 0 Å². The summed E-state index contributed by atoms with van der Waals surface area (Å²) in [6, 6.07) is 62.0. The van der Waals surface area contributed by atoms with Gasteiger partial charge >= 0.3 is 0 Å². The molecular formula is C44H28N2. The van der Waals surface area contributed by atoms with Crippen LogP contribution in [-0.2, 0) is 0 Å². The molecule has 214 valence electrons. The van der Waals surface area contributed by atoms with Gasteiger partial charge in [0.25, 0.3) is 0 Å². The summed E-state index contributed by atoms with van der Waals surface area (Å²) in [4.78, 5) is 0. The van der Waals surface area contributed by atoms with E-state index in [1.807, 2.05) is 0 Å². The SMILES string of the molecule is c1ccc(-n2c3ccccc3c3cc4c5ccc6ccccc6c5n(-c5ccc(-c6ccc7ccccc7c6)cc5)c4cc32)cc1. The second kappa shape index (κ2) is 9.69. The highest BCUT2D eigenvalue weighted by atomic mass is 15.0. The molecule has 0 N–H and O–H groups in total. The minimum absolute atomic E-state index is 1.16. The van der Waals surface area contributed by atoms with E-state index in [4.69, 9.17) is 0 Å². The Morgan fingerprint density at radius 2 is 0.891 bits per heavy atom. The third-order valence-corrected chi connectivity index (χ3v) is 9.67. The van der Waals surface area contributed by atoms with Crippen LogP contribution < -0.4 is 0 Å². The van der Waals surface area contributed by atoms with Gasteiger partial charge in [0.1, 0.15) is 0 Å². The van der Waals surface area contributed by atoms with Gasteiger partial charge in [-0.3, -0.25) is 0 Å². The highest BCUT2D eigenvalue weighted by Gasteiger charge is 2.19. The molecule has 0 atom stereocenters. The molecule has 2 heterocycles. The van der Waals surface area contributed by atoms with Crippen molar-refractivity contribution in [3.63, 3.8) is 0 Å². The van der Waals surface area contributed by atoms with Crippen molar-refractivity contribution in [2.24, 2.45) is 0 Å². The Hall–Kier alpha value is -6.12. The number of nitrogens with zero attached hydrogens (tertiary/aromatic N) is 2. The molecule has 0 unspecified atom stereocenters. The molecule has 0 radical (unpaired) electrons. The molecule has 0 saturated carbocycles. The average Bonchev–Trinajstić information content (AvgIpc) is 3.63. The second-order valence-electron chi connectivity index (χ2n) is 12.2. The lowest BCUT2D eigenvalue weighted by Gasteiger charge is -2.12. The van der Waals surface area contributed by atoms with Crippen LogP contribution in [-0.4, -0.2) is 9.13 Å². The lowest BCUT2D eigenvalue weighted by atomic mass is 10.0. The van der Waals surface area contributed by atoms with Crippen LogP contribution in [0.4, 0.5) is 0 Å². The minimum atomic E-state index is 1.16. The van der Waals surface area contributed by atoms with E-state index in [0.29, 0.717) is 0 Å². The van der Waals surface area contributed by atoms with Gasteiger partial charge < -0.3 is 9.13 Å². The summed E-state index contributed by atoms with van der Waals surface area (Å²) >= 11 is 0. The molecule has 0 aliphatic rings. The molecule has 0 saturated heterocycles. The first-order valence-corrected chi connectivity index (χ1v) is 15.9. The van der Waals surface area contributed by atoms with E-state index in [-0.39, 0.29) is 0 Å². The van der Waals surface area contributed by atoms with Crippen LogP contribution in [0.3, 0.4) is 0 Å². The molecule has 10 aromatic rings. The topological polar surface area (TPSA) is 9.86 Å². The van der Waals surface area contributed by atoms with Gasteiger partial charge in [0.05, 0.1) is 22.1 Å². The summed E-state index contributed by atoms with van der Waals surface area (Å²) in [5.41, 5.74) is 9.65. The van der Waals surface area contributed by atoms with Crippen molar-refractivity contribution < 1.29 is 0 Å². The summed E-state index contributed by atoms with van der Waals surface area (Å²) in [5, 5.41) is 10.1. The maximum Gasteiger partial charge on any atom is 0.0619 e. The van der Waals surface area contributed by atoms with Crippen LogP contribution in [0.5, 0.6) is 0 Å². The molecule has 10 rings (SSSR count). The Morgan fingerprint density at radius 3 is 1.74 bits per heavy atom. The second-order valence-corrected chi connectivity index (χ2v) is 12.2. The monoisotopic (exact) mass is 584 g/mol. The maximum absolute atomic E-state index is 2.48. The van der Waals surface area contributed by atoms with Gasteiger partial charge in [-0.1, -0.05) is 121 Å². The van der Waals surface area contributed by atoms with Crippen LogP contribution in [0.1, 0.15) is 0 Å². The number of benzene rings is 8. The highest BCUT2D eigenvalue weighted by molar-refractivity contribution is 6.23. The molecular weight excluding hydrogens is 556 g/mol. The van der Waals surface area contributed by atoms with Crippen molar-refractivity contribution >= 4 is 65.2 Å². The zero-order valence-electron chi connectivity index (χ0n) is 25.1. The molecule has 0 bridgehead atoms. The van der Waals surface area contributed by atoms with Crippen molar-refractivity contribution in [1.82, 2.24) is 9.13 Å². The van der Waals surface area contributed by atoms with Crippen molar-refractivity contribution in [2.45, 2.75) is 0 Å². The predicted molar refractivity (Wildman–Crippen MR) is 196 cm³/mol. The van der Waals surface area contributed by atoms with E-state index in [1.54, 1.807) is 0 Å². The fourth-order valence-electron chi connectivity index (χ4n) is 7.53. The molecule has 2 heteroatoms. The molecule has 0 fully saturated rings. The molecule has 0 spiro atoms. The first-order valence-electron chi connectivity index (χ1n) is 15.9. The Morgan fingerprint density at radius 1 is 0.283 bits per heavy atom. The van der Waals surface area contributed by atoms with Gasteiger partial charge in [-0.15, -0.1) is 0 Å². The Kier molecular flexibility index (Phi) is 5.31. The average molecular weight is 585 g/mol. The highest BCUT2D eigenvalue weighted by Crippen LogP contribution is 2.41. The first kappa shape index (κ1) is 25.2. The third kappa shape index (κ3) is 3.65. The zero-order chi connectivity index (χ0) is 30.2. The number of fused-ring (bicyclic) bond motifs is 9. The van der Waals surface area contributed by atoms with Gasteiger partial charge in [0.2, 0.25) is 0 Å². The molecule has 8 aromatic carbocycles. The van der Waals surface area contributed by atoms with Crippen molar-refractivity contribution in [1.29, 1.82) is 0 Å². The van der Waals surface area contributed by atoms with Gasteiger partial charge in [-0.05, 0) is 75.8 Å². The van der Waals surface area contributed by atoms with Gasteiger partial charge in [0, 0.05) is 38.3 Å². The van der Waals surface area contributed by atoms with Gasteiger partial charge in [0.15, 0.2) is 0 Å². The molecule has 0 aliphatic heterocycles. The summed E-state index contributed by atoms with van der Waals surface area (Å²) < 4.78 is 4.89. The lowest BCUT2D eigenvalue weighted by Crippen LogP contribution is -1.96. The third-order valence-electron chi connectivity index (χ3n) is 9.67. The fraction of sp³-hybridized carbons (Fsp3) is 0. The summed E-state index contributed by atoms with van der Waals surface area (Å²) in [6.07, 6.45) is 0. The first-order chi connectivity index (χ1) is 22.8. The number of rotatable bonds is 3. The van der Waals surface area contributed by atoms with Gasteiger partial charge in [-0.25, -0.2) is 0 Å². The largest absolute Gasteiger partial charge is 0.309 e. The van der Waals surface area contributed by atoms with Crippen LogP contribution >= 0.6 is 0 Å².